The molecule has 2 nitrogen and oxygen atoms in total. The van der Waals surface area contributed by atoms with Gasteiger partial charge in [0.1, 0.15) is 0 Å². The van der Waals surface area contributed by atoms with E-state index in [-0.39, 0.29) is 0 Å². The molecular weight excluding hydrogens is 162 g/mol. The molecule has 0 radical (unpaired) electrons. The van der Waals surface area contributed by atoms with Crippen LogP contribution >= 0.6 is 0 Å². The molecule has 1 N–H and O–H groups in total. The first-order chi connectivity index (χ1) is 6.27. The molecule has 2 atom stereocenters. The summed E-state index contributed by atoms with van der Waals surface area (Å²) in [6.45, 7) is 5.36. The Labute approximate surface area is 82.0 Å². The average molecular weight is 185 g/mol. The van der Waals surface area contributed by atoms with Crippen molar-refractivity contribution in [1.82, 2.24) is 5.32 Å². The van der Waals surface area contributed by atoms with Gasteiger partial charge >= 0.3 is 0 Å². The first-order valence-corrected chi connectivity index (χ1v) is 5.54. The molecular formula is C11H23NO. The number of hydrogen-bond donors (Lipinski definition) is 1. The molecule has 1 saturated carbocycles. The van der Waals surface area contributed by atoms with Gasteiger partial charge in [0, 0.05) is 13.2 Å². The Hall–Kier alpha value is -0.0800. The van der Waals surface area contributed by atoms with Crippen LogP contribution in [0.4, 0.5) is 0 Å². The molecule has 2 heteroatoms. The van der Waals surface area contributed by atoms with E-state index in [0.717, 1.165) is 12.5 Å². The predicted octanol–water partition coefficient (Wildman–Crippen LogP) is 2.19. The van der Waals surface area contributed by atoms with Crippen LogP contribution in [0.3, 0.4) is 0 Å². The zero-order valence-electron chi connectivity index (χ0n) is 9.18. The summed E-state index contributed by atoms with van der Waals surface area (Å²) in [6.07, 6.45) is 5.91. The summed E-state index contributed by atoms with van der Waals surface area (Å²) in [5.74, 6) is 1.03. The van der Waals surface area contributed by atoms with E-state index < -0.39 is 0 Å². The molecule has 0 aromatic rings. The average Bonchev–Trinajstić information content (AvgIpc) is 2.94. The Morgan fingerprint density at radius 1 is 1.46 bits per heavy atom. The standard InChI is InChI=1S/C11H23NO/c1-4-12-11(9(2)13-3)8-7-10-5-6-10/h9-12H,4-8H2,1-3H3. The lowest BCUT2D eigenvalue weighted by molar-refractivity contribution is 0.0794. The molecule has 1 rings (SSSR count). The molecule has 1 aliphatic rings. The maximum absolute atomic E-state index is 5.36. The lowest BCUT2D eigenvalue weighted by Gasteiger charge is -2.23. The molecule has 0 heterocycles. The third-order valence-corrected chi connectivity index (χ3v) is 2.99. The van der Waals surface area contributed by atoms with Crippen LogP contribution in [0.15, 0.2) is 0 Å². The lowest BCUT2D eigenvalue weighted by Crippen LogP contribution is -2.39. The first kappa shape index (κ1) is 11.0. The smallest absolute Gasteiger partial charge is 0.0696 e. The van der Waals surface area contributed by atoms with Crippen LogP contribution in [0.5, 0.6) is 0 Å². The predicted molar refractivity (Wildman–Crippen MR) is 55.9 cm³/mol. The van der Waals surface area contributed by atoms with E-state index >= 15 is 0 Å². The van der Waals surface area contributed by atoms with Crippen LogP contribution < -0.4 is 5.32 Å². The van der Waals surface area contributed by atoms with Gasteiger partial charge in [0.25, 0.3) is 0 Å². The van der Waals surface area contributed by atoms with Gasteiger partial charge in [0.15, 0.2) is 0 Å². The van der Waals surface area contributed by atoms with Crippen molar-refractivity contribution in [3.8, 4) is 0 Å². The molecule has 0 bridgehead atoms. The monoisotopic (exact) mass is 185 g/mol. The Morgan fingerprint density at radius 3 is 2.62 bits per heavy atom. The van der Waals surface area contributed by atoms with E-state index in [1.54, 1.807) is 7.11 Å². The lowest BCUT2D eigenvalue weighted by atomic mass is 10.0. The molecule has 1 fully saturated rings. The summed E-state index contributed by atoms with van der Waals surface area (Å²) in [6, 6.07) is 0.551. The fourth-order valence-electron chi connectivity index (χ4n) is 1.75. The second-order valence-corrected chi connectivity index (χ2v) is 4.13. The fraction of sp³-hybridized carbons (Fsp3) is 1.00. The second kappa shape index (κ2) is 5.61. The third-order valence-electron chi connectivity index (χ3n) is 2.99. The highest BCUT2D eigenvalue weighted by atomic mass is 16.5. The minimum absolute atomic E-state index is 0.346. The van der Waals surface area contributed by atoms with Gasteiger partial charge in [-0.1, -0.05) is 19.8 Å². The summed E-state index contributed by atoms with van der Waals surface area (Å²) < 4.78 is 5.36. The van der Waals surface area contributed by atoms with Crippen molar-refractivity contribution < 1.29 is 4.74 Å². The van der Waals surface area contributed by atoms with E-state index in [4.69, 9.17) is 4.74 Å². The van der Waals surface area contributed by atoms with Gasteiger partial charge in [-0.05, 0) is 32.2 Å². The van der Waals surface area contributed by atoms with Gasteiger partial charge in [0.05, 0.1) is 6.10 Å². The zero-order valence-corrected chi connectivity index (χ0v) is 9.18. The van der Waals surface area contributed by atoms with Crippen molar-refractivity contribution in [2.24, 2.45) is 5.92 Å². The SMILES string of the molecule is CCNC(CCC1CC1)C(C)OC. The molecule has 0 aromatic heterocycles. The summed E-state index contributed by atoms with van der Waals surface area (Å²) in [4.78, 5) is 0. The van der Waals surface area contributed by atoms with Crippen molar-refractivity contribution >= 4 is 0 Å². The van der Waals surface area contributed by atoms with Crippen molar-refractivity contribution in [2.75, 3.05) is 13.7 Å². The maximum atomic E-state index is 5.36. The van der Waals surface area contributed by atoms with Crippen molar-refractivity contribution in [1.29, 1.82) is 0 Å². The quantitative estimate of drug-likeness (QED) is 0.656. The molecule has 0 amide bonds. The van der Waals surface area contributed by atoms with Gasteiger partial charge in [0.2, 0.25) is 0 Å². The van der Waals surface area contributed by atoms with Crippen LogP contribution in [0, 0.1) is 5.92 Å². The normalized spacial score (nSPS) is 21.5. The molecule has 2 unspecified atom stereocenters. The molecule has 0 aliphatic heterocycles. The molecule has 78 valence electrons. The van der Waals surface area contributed by atoms with Crippen molar-refractivity contribution in [2.45, 2.75) is 51.7 Å². The van der Waals surface area contributed by atoms with Crippen LogP contribution in [0.25, 0.3) is 0 Å². The van der Waals surface area contributed by atoms with Gasteiger partial charge in [-0.3, -0.25) is 0 Å². The van der Waals surface area contributed by atoms with E-state index in [9.17, 15) is 0 Å². The number of nitrogens with one attached hydrogen (secondary N) is 1. The van der Waals surface area contributed by atoms with E-state index in [1.165, 1.54) is 25.7 Å². The third kappa shape index (κ3) is 4.10. The highest BCUT2D eigenvalue weighted by molar-refractivity contribution is 4.79. The topological polar surface area (TPSA) is 21.3 Å². The first-order valence-electron chi connectivity index (χ1n) is 5.54. The number of likely N-dealkylation sites (N-methyl/N-ethyl adjacent to an activating group) is 1. The molecule has 13 heavy (non-hydrogen) atoms. The van der Waals surface area contributed by atoms with E-state index in [1.807, 2.05) is 0 Å². The van der Waals surface area contributed by atoms with Crippen LogP contribution in [0.1, 0.15) is 39.5 Å². The molecule has 0 spiro atoms. The maximum Gasteiger partial charge on any atom is 0.0696 e. The van der Waals surface area contributed by atoms with Gasteiger partial charge in [-0.15, -0.1) is 0 Å². The number of hydrogen-bond acceptors (Lipinski definition) is 2. The zero-order chi connectivity index (χ0) is 9.68. The minimum Gasteiger partial charge on any atom is -0.380 e. The number of methoxy groups -OCH3 is 1. The van der Waals surface area contributed by atoms with E-state index in [2.05, 4.69) is 19.2 Å². The van der Waals surface area contributed by atoms with E-state index in [0.29, 0.717) is 12.1 Å². The number of rotatable bonds is 7. The minimum atomic E-state index is 0.346. The van der Waals surface area contributed by atoms with Gasteiger partial charge < -0.3 is 10.1 Å². The summed E-state index contributed by atoms with van der Waals surface area (Å²) in [7, 11) is 1.80. The highest BCUT2D eigenvalue weighted by Gasteiger charge is 2.24. The Kier molecular flexibility index (Phi) is 4.74. The van der Waals surface area contributed by atoms with Crippen LogP contribution in [-0.4, -0.2) is 25.8 Å². The van der Waals surface area contributed by atoms with Crippen molar-refractivity contribution in [3.63, 3.8) is 0 Å². The second-order valence-electron chi connectivity index (χ2n) is 4.13. The molecule has 1 aliphatic carbocycles. The number of ether oxygens (including phenoxy) is 1. The van der Waals surface area contributed by atoms with Crippen LogP contribution in [-0.2, 0) is 4.74 Å². The van der Waals surface area contributed by atoms with Gasteiger partial charge in [-0.2, -0.15) is 0 Å². The van der Waals surface area contributed by atoms with Crippen LogP contribution in [0.2, 0.25) is 0 Å². The summed E-state index contributed by atoms with van der Waals surface area (Å²) in [5.41, 5.74) is 0. The largest absolute Gasteiger partial charge is 0.380 e. The van der Waals surface area contributed by atoms with Crippen molar-refractivity contribution in [3.05, 3.63) is 0 Å². The fourth-order valence-corrected chi connectivity index (χ4v) is 1.75. The summed E-state index contributed by atoms with van der Waals surface area (Å²) in [5, 5.41) is 3.49. The summed E-state index contributed by atoms with van der Waals surface area (Å²) >= 11 is 0. The molecule has 0 saturated heterocycles. The Bertz CT molecular complexity index is 134. The molecule has 0 aromatic carbocycles. The highest BCUT2D eigenvalue weighted by Crippen LogP contribution is 2.34. The Morgan fingerprint density at radius 2 is 2.15 bits per heavy atom. The Balaban J connectivity index is 2.18. The van der Waals surface area contributed by atoms with Gasteiger partial charge in [-0.25, -0.2) is 0 Å².